The van der Waals surface area contributed by atoms with Gasteiger partial charge in [0.2, 0.25) is 0 Å². The quantitative estimate of drug-likeness (QED) is 0.847. The van der Waals surface area contributed by atoms with E-state index in [1.807, 2.05) is 24.3 Å². The molecular formula is C12H11BrClN3O. The van der Waals surface area contributed by atoms with E-state index in [1.54, 1.807) is 0 Å². The van der Waals surface area contributed by atoms with Gasteiger partial charge < -0.3 is 10.4 Å². The van der Waals surface area contributed by atoms with Crippen molar-refractivity contribution < 1.29 is 5.11 Å². The van der Waals surface area contributed by atoms with Crippen LogP contribution >= 0.6 is 27.5 Å². The largest absolute Gasteiger partial charge is 0.392 e. The van der Waals surface area contributed by atoms with Crippen LogP contribution in [-0.2, 0) is 13.2 Å². The van der Waals surface area contributed by atoms with Gasteiger partial charge >= 0.3 is 0 Å². The minimum Gasteiger partial charge on any atom is -0.392 e. The maximum atomic E-state index is 8.95. The summed E-state index contributed by atoms with van der Waals surface area (Å²) >= 11 is 9.19. The van der Waals surface area contributed by atoms with Crippen molar-refractivity contribution in [1.82, 2.24) is 9.97 Å². The molecule has 2 rings (SSSR count). The van der Waals surface area contributed by atoms with Crippen LogP contribution in [0.25, 0.3) is 0 Å². The molecule has 0 aliphatic heterocycles. The van der Waals surface area contributed by atoms with Gasteiger partial charge in [-0.05, 0) is 27.1 Å². The van der Waals surface area contributed by atoms with Crippen LogP contribution in [0, 0.1) is 0 Å². The summed E-state index contributed by atoms with van der Waals surface area (Å²) in [6, 6.07) is 7.68. The third-order valence-electron chi connectivity index (χ3n) is 2.41. The number of nitrogens with one attached hydrogen (secondary N) is 1. The predicted octanol–water partition coefficient (Wildman–Crippen LogP) is 3.00. The summed E-state index contributed by atoms with van der Waals surface area (Å²) in [6.45, 7) is 0.679. The third-order valence-corrected chi connectivity index (χ3v) is 3.68. The highest BCUT2D eigenvalue weighted by molar-refractivity contribution is 9.10. The lowest BCUT2D eigenvalue weighted by Gasteiger charge is -2.08. The Labute approximate surface area is 118 Å². The van der Waals surface area contributed by atoms with Crippen LogP contribution in [0.15, 0.2) is 35.1 Å². The van der Waals surface area contributed by atoms with Crippen LogP contribution in [0.2, 0.25) is 5.15 Å². The molecule has 1 aromatic carbocycles. The summed E-state index contributed by atoms with van der Waals surface area (Å²) in [4.78, 5) is 7.95. The zero-order valence-electron chi connectivity index (χ0n) is 9.40. The van der Waals surface area contributed by atoms with Crippen molar-refractivity contribution in [1.29, 1.82) is 0 Å². The van der Waals surface area contributed by atoms with E-state index >= 15 is 0 Å². The van der Waals surface area contributed by atoms with E-state index in [9.17, 15) is 0 Å². The molecule has 0 aliphatic carbocycles. The number of nitrogens with zero attached hydrogens (tertiary/aromatic N) is 2. The first-order valence-electron chi connectivity index (χ1n) is 5.29. The smallest absolute Gasteiger partial charge is 0.148 e. The summed E-state index contributed by atoms with van der Waals surface area (Å²) in [7, 11) is 0. The number of rotatable bonds is 4. The summed E-state index contributed by atoms with van der Waals surface area (Å²) in [6.07, 6.45) is 1.41. The zero-order chi connectivity index (χ0) is 13.0. The lowest BCUT2D eigenvalue weighted by atomic mass is 10.1. The summed E-state index contributed by atoms with van der Waals surface area (Å²) < 4.78 is 0.652. The molecule has 0 fully saturated rings. The van der Waals surface area contributed by atoms with Crippen molar-refractivity contribution in [2.24, 2.45) is 0 Å². The van der Waals surface area contributed by atoms with Gasteiger partial charge in [-0.15, -0.1) is 0 Å². The second kappa shape index (κ2) is 6.13. The highest BCUT2D eigenvalue weighted by Crippen LogP contribution is 2.26. The monoisotopic (exact) mass is 327 g/mol. The molecule has 0 saturated carbocycles. The van der Waals surface area contributed by atoms with E-state index in [2.05, 4.69) is 31.2 Å². The van der Waals surface area contributed by atoms with Crippen molar-refractivity contribution in [3.8, 4) is 0 Å². The Hall–Kier alpha value is -1.17. The number of hydrogen-bond donors (Lipinski definition) is 2. The molecule has 0 aliphatic rings. The zero-order valence-corrected chi connectivity index (χ0v) is 11.7. The van der Waals surface area contributed by atoms with Gasteiger partial charge in [0.15, 0.2) is 0 Å². The summed E-state index contributed by atoms with van der Waals surface area (Å²) in [5.74, 6) is 0.654. The molecule has 1 aromatic heterocycles. The van der Waals surface area contributed by atoms with E-state index in [0.717, 1.165) is 11.1 Å². The summed E-state index contributed by atoms with van der Waals surface area (Å²) in [5.41, 5.74) is 1.99. The average Bonchev–Trinajstić information content (AvgIpc) is 2.41. The molecule has 2 aromatic rings. The maximum absolute atomic E-state index is 8.95. The van der Waals surface area contributed by atoms with E-state index in [0.29, 0.717) is 22.0 Å². The van der Waals surface area contributed by atoms with Crippen molar-refractivity contribution >= 4 is 33.3 Å². The number of aliphatic hydroxyl groups is 1. The van der Waals surface area contributed by atoms with Crippen LogP contribution < -0.4 is 5.32 Å². The Morgan fingerprint density at radius 3 is 2.50 bits per heavy atom. The fourth-order valence-corrected chi connectivity index (χ4v) is 1.90. The van der Waals surface area contributed by atoms with Gasteiger partial charge in [-0.1, -0.05) is 35.9 Å². The third kappa shape index (κ3) is 3.19. The molecule has 0 unspecified atom stereocenters. The number of anilines is 1. The minimum absolute atomic E-state index is 0.0563. The van der Waals surface area contributed by atoms with Gasteiger partial charge in [-0.25, -0.2) is 9.97 Å². The van der Waals surface area contributed by atoms with Crippen LogP contribution in [-0.4, -0.2) is 15.1 Å². The molecule has 2 N–H and O–H groups in total. The maximum Gasteiger partial charge on any atom is 0.148 e. The van der Waals surface area contributed by atoms with E-state index in [-0.39, 0.29) is 6.61 Å². The number of aliphatic hydroxyl groups excluding tert-OH is 1. The first kappa shape index (κ1) is 13.3. The van der Waals surface area contributed by atoms with Crippen molar-refractivity contribution in [3.63, 3.8) is 0 Å². The van der Waals surface area contributed by atoms with Gasteiger partial charge in [0.25, 0.3) is 0 Å². The van der Waals surface area contributed by atoms with Crippen LogP contribution in [0.4, 0.5) is 5.82 Å². The molecule has 0 amide bonds. The van der Waals surface area contributed by atoms with Crippen LogP contribution in [0.1, 0.15) is 11.1 Å². The Morgan fingerprint density at radius 1 is 1.17 bits per heavy atom. The topological polar surface area (TPSA) is 58.0 Å². The molecule has 6 heteroatoms. The Kier molecular flexibility index (Phi) is 4.52. The predicted molar refractivity (Wildman–Crippen MR) is 74.4 cm³/mol. The SMILES string of the molecule is OCc1ccc(CNc2ncnc(Cl)c2Br)cc1. The van der Waals surface area contributed by atoms with Crippen molar-refractivity contribution in [3.05, 3.63) is 51.3 Å². The van der Waals surface area contributed by atoms with Crippen molar-refractivity contribution in [2.45, 2.75) is 13.2 Å². The van der Waals surface area contributed by atoms with Crippen LogP contribution in [0.3, 0.4) is 0 Å². The van der Waals surface area contributed by atoms with Gasteiger partial charge in [0.05, 0.1) is 11.1 Å². The molecule has 1 heterocycles. The van der Waals surface area contributed by atoms with Crippen LogP contribution in [0.5, 0.6) is 0 Å². The Bertz CT molecular complexity index is 533. The fraction of sp³-hybridized carbons (Fsp3) is 0.167. The van der Waals surface area contributed by atoms with Gasteiger partial charge in [0, 0.05) is 6.54 Å². The second-order valence-electron chi connectivity index (χ2n) is 3.66. The van der Waals surface area contributed by atoms with Gasteiger partial charge in [-0.3, -0.25) is 0 Å². The molecule has 94 valence electrons. The fourth-order valence-electron chi connectivity index (χ4n) is 1.42. The molecule has 0 radical (unpaired) electrons. The number of hydrogen-bond acceptors (Lipinski definition) is 4. The Morgan fingerprint density at radius 2 is 1.83 bits per heavy atom. The van der Waals surface area contributed by atoms with Crippen molar-refractivity contribution in [2.75, 3.05) is 5.32 Å². The Balaban J connectivity index is 2.04. The molecule has 0 atom stereocenters. The molecule has 18 heavy (non-hydrogen) atoms. The van der Waals surface area contributed by atoms with E-state index in [4.69, 9.17) is 16.7 Å². The first-order valence-corrected chi connectivity index (χ1v) is 6.46. The number of halogens is 2. The average molecular weight is 329 g/mol. The highest BCUT2D eigenvalue weighted by Gasteiger charge is 2.05. The molecule has 0 spiro atoms. The standard InChI is InChI=1S/C12H11BrClN3O/c13-10-11(14)16-7-17-12(10)15-5-8-1-3-9(6-18)4-2-8/h1-4,7,18H,5-6H2,(H,15,16,17). The first-order chi connectivity index (χ1) is 8.70. The lowest BCUT2D eigenvalue weighted by molar-refractivity contribution is 0.282. The highest BCUT2D eigenvalue weighted by atomic mass is 79.9. The van der Waals surface area contributed by atoms with E-state index in [1.165, 1.54) is 6.33 Å². The lowest BCUT2D eigenvalue weighted by Crippen LogP contribution is -2.03. The summed E-state index contributed by atoms with van der Waals surface area (Å²) in [5, 5.41) is 12.5. The normalized spacial score (nSPS) is 10.4. The minimum atomic E-state index is 0.0563. The van der Waals surface area contributed by atoms with Gasteiger partial charge in [-0.2, -0.15) is 0 Å². The van der Waals surface area contributed by atoms with Gasteiger partial charge in [0.1, 0.15) is 17.3 Å². The molecule has 4 nitrogen and oxygen atoms in total. The molecule has 0 bridgehead atoms. The number of benzene rings is 1. The second-order valence-corrected chi connectivity index (χ2v) is 4.81. The molecular weight excluding hydrogens is 318 g/mol. The number of aromatic nitrogens is 2. The van der Waals surface area contributed by atoms with E-state index < -0.39 is 0 Å². The molecule has 0 saturated heterocycles.